The monoisotopic (exact) mass is 375 g/mol. The molecule has 4 rings (SSSR count). The van der Waals surface area contributed by atoms with Gasteiger partial charge in [-0.1, -0.05) is 18.2 Å². The van der Waals surface area contributed by atoms with Gasteiger partial charge in [0.05, 0.1) is 11.4 Å². The summed E-state index contributed by atoms with van der Waals surface area (Å²) in [6, 6.07) is 6.18. The number of hydrogen-bond acceptors (Lipinski definition) is 3. The molecule has 1 amide bonds. The van der Waals surface area contributed by atoms with Gasteiger partial charge < -0.3 is 4.90 Å². The molecule has 6 heteroatoms. The molecule has 28 heavy (non-hydrogen) atoms. The summed E-state index contributed by atoms with van der Waals surface area (Å²) in [4.78, 5) is 29.4. The quantitative estimate of drug-likeness (QED) is 0.769. The van der Waals surface area contributed by atoms with Gasteiger partial charge in [-0.25, -0.2) is 0 Å². The Balaban J connectivity index is 1.89. The van der Waals surface area contributed by atoms with Crippen molar-refractivity contribution in [3.8, 4) is 0 Å². The van der Waals surface area contributed by atoms with E-state index in [9.17, 15) is 9.59 Å². The summed E-state index contributed by atoms with van der Waals surface area (Å²) >= 11 is 0. The van der Waals surface area contributed by atoms with Crippen molar-refractivity contribution < 1.29 is 9.59 Å². The van der Waals surface area contributed by atoms with Crippen LogP contribution in [0, 0.1) is 5.92 Å². The number of hydrogen-bond donors (Lipinski definition) is 0. The molecule has 1 aliphatic heterocycles. The second-order valence-electron chi connectivity index (χ2n) is 7.82. The van der Waals surface area contributed by atoms with E-state index in [1.165, 1.54) is 5.57 Å². The van der Waals surface area contributed by atoms with E-state index in [1.54, 1.807) is 11.5 Å². The molecular weight excluding hydrogens is 349 g/mol. The molecule has 144 valence electrons. The Kier molecular flexibility index (Phi) is 4.70. The number of benzene rings is 1. The third-order valence-corrected chi connectivity index (χ3v) is 6.31. The lowest BCUT2D eigenvalue weighted by Crippen LogP contribution is -2.48. The number of aromatic nitrogens is 1. The van der Waals surface area contributed by atoms with Crippen molar-refractivity contribution in [1.29, 1.82) is 0 Å². The summed E-state index contributed by atoms with van der Waals surface area (Å²) in [7, 11) is 8.47. The maximum atomic E-state index is 13.0. The molecule has 2 aliphatic rings. The average Bonchev–Trinajstić information content (AvgIpc) is 2.96. The molecule has 2 radical (unpaired) electrons. The molecule has 1 aromatic carbocycles. The zero-order valence-corrected chi connectivity index (χ0v) is 17.0. The highest BCUT2D eigenvalue weighted by atomic mass is 16.2. The van der Waals surface area contributed by atoms with Crippen molar-refractivity contribution in [2.45, 2.75) is 33.2 Å². The Bertz CT molecular complexity index is 1000. The summed E-state index contributed by atoms with van der Waals surface area (Å²) < 4.78 is 1.62. The molecule has 1 aliphatic carbocycles. The van der Waals surface area contributed by atoms with Gasteiger partial charge >= 0.3 is 0 Å². The number of amides is 1. The minimum atomic E-state index is -0.153. The summed E-state index contributed by atoms with van der Waals surface area (Å²) in [5.41, 5.74) is 4.72. The van der Waals surface area contributed by atoms with Crippen molar-refractivity contribution in [2.24, 2.45) is 5.92 Å². The highest BCUT2D eigenvalue weighted by Gasteiger charge is 2.37. The molecule has 1 aromatic heterocycles. The molecule has 0 fully saturated rings. The number of carbonyl (C=O) groups excluding carboxylic acids is 2. The van der Waals surface area contributed by atoms with Crippen LogP contribution in [0.3, 0.4) is 0 Å². The summed E-state index contributed by atoms with van der Waals surface area (Å²) in [6.07, 6.45) is 2.92. The van der Waals surface area contributed by atoms with Gasteiger partial charge in [-0.15, -0.1) is 0 Å². The van der Waals surface area contributed by atoms with Crippen molar-refractivity contribution >= 4 is 41.7 Å². The van der Waals surface area contributed by atoms with Crippen molar-refractivity contribution in [1.82, 2.24) is 14.4 Å². The van der Waals surface area contributed by atoms with Crippen LogP contribution in [-0.4, -0.2) is 66.8 Å². The van der Waals surface area contributed by atoms with Crippen molar-refractivity contribution in [2.75, 3.05) is 26.7 Å². The van der Waals surface area contributed by atoms with Crippen LogP contribution in [0.5, 0.6) is 0 Å². The van der Waals surface area contributed by atoms with Crippen LogP contribution in [0.1, 0.15) is 36.7 Å². The fourth-order valence-corrected chi connectivity index (χ4v) is 4.93. The number of fused-ring (bicyclic) bond motifs is 2. The van der Waals surface area contributed by atoms with Gasteiger partial charge in [-0.2, -0.15) is 0 Å². The predicted molar refractivity (Wildman–Crippen MR) is 113 cm³/mol. The third-order valence-electron chi connectivity index (χ3n) is 6.31. The Hall–Kier alpha value is -2.34. The highest BCUT2D eigenvalue weighted by Crippen LogP contribution is 2.41. The fraction of sp³-hybridized carbons (Fsp3) is 0.455. The molecule has 0 saturated carbocycles. The first-order valence-electron chi connectivity index (χ1n) is 10.0. The molecular formula is C22H26BN3O2. The van der Waals surface area contributed by atoms with Gasteiger partial charge in [0.25, 0.3) is 0 Å². The number of nitrogens with zero attached hydrogens (tertiary/aromatic N) is 3. The lowest BCUT2D eigenvalue weighted by atomic mass is 9.77. The van der Waals surface area contributed by atoms with Crippen LogP contribution >= 0.6 is 0 Å². The Morgan fingerprint density at radius 1 is 1.25 bits per heavy atom. The molecule has 0 N–H and O–H groups in total. The van der Waals surface area contributed by atoms with E-state index < -0.39 is 0 Å². The first kappa shape index (κ1) is 19.0. The highest BCUT2D eigenvalue weighted by molar-refractivity contribution is 6.36. The van der Waals surface area contributed by atoms with Gasteiger partial charge in [0, 0.05) is 38.0 Å². The van der Waals surface area contributed by atoms with E-state index in [2.05, 4.69) is 24.1 Å². The minimum Gasteiger partial charge on any atom is -0.343 e. The number of rotatable bonds is 3. The molecule has 2 unspecified atom stereocenters. The van der Waals surface area contributed by atoms with Gasteiger partial charge in [0.2, 0.25) is 11.8 Å². The molecule has 2 atom stereocenters. The predicted octanol–water partition coefficient (Wildman–Crippen LogP) is 1.83. The van der Waals surface area contributed by atoms with Crippen molar-refractivity contribution in [3.05, 3.63) is 35.4 Å². The van der Waals surface area contributed by atoms with E-state index in [4.69, 9.17) is 7.85 Å². The molecule has 5 nitrogen and oxygen atoms in total. The van der Waals surface area contributed by atoms with E-state index >= 15 is 0 Å². The lowest BCUT2D eigenvalue weighted by molar-refractivity contribution is -0.134. The van der Waals surface area contributed by atoms with E-state index in [-0.39, 0.29) is 23.8 Å². The number of carbonyl (C=O) groups is 2. The Labute approximate surface area is 167 Å². The smallest absolute Gasteiger partial charge is 0.230 e. The maximum Gasteiger partial charge on any atom is 0.230 e. The minimum absolute atomic E-state index is 0.0762. The molecule has 0 spiro atoms. The second kappa shape index (κ2) is 6.92. The third kappa shape index (κ3) is 2.66. The Morgan fingerprint density at radius 2 is 1.96 bits per heavy atom. The zero-order valence-electron chi connectivity index (χ0n) is 17.0. The standard InChI is InChI=1S/C22H26BN3O2/c1-5-25(6-2)22(28)14-10-16-15-8-7-9-18-20(15)17(11-19(16)24(4)12-14)21(23)26(18)13(3)27/h7-10,14,19H,5-6,11-12H2,1-4H3. The van der Waals surface area contributed by atoms with Crippen molar-refractivity contribution in [3.63, 3.8) is 0 Å². The van der Waals surface area contributed by atoms with E-state index in [0.29, 0.717) is 12.1 Å². The topological polar surface area (TPSA) is 45.6 Å². The van der Waals surface area contributed by atoms with Crippen LogP contribution in [-0.2, 0) is 11.2 Å². The van der Waals surface area contributed by atoms with Crippen LogP contribution in [0.2, 0.25) is 0 Å². The zero-order chi connectivity index (χ0) is 20.2. The van der Waals surface area contributed by atoms with Crippen LogP contribution in [0.15, 0.2) is 24.3 Å². The van der Waals surface area contributed by atoms with Crippen LogP contribution in [0.25, 0.3) is 16.5 Å². The van der Waals surface area contributed by atoms with E-state index in [1.807, 2.05) is 30.9 Å². The lowest BCUT2D eigenvalue weighted by Gasteiger charge is -2.40. The molecule has 0 saturated heterocycles. The Morgan fingerprint density at radius 3 is 2.61 bits per heavy atom. The maximum absolute atomic E-state index is 13.0. The molecule has 2 aromatic rings. The van der Waals surface area contributed by atoms with E-state index in [0.717, 1.165) is 41.5 Å². The summed E-state index contributed by atoms with van der Waals surface area (Å²) in [5, 5.41) is 1.06. The largest absolute Gasteiger partial charge is 0.343 e. The molecule has 2 heterocycles. The van der Waals surface area contributed by atoms with Gasteiger partial charge in [0.15, 0.2) is 0 Å². The number of likely N-dealkylation sites (N-methyl/N-ethyl adjacent to an activating group) is 1. The summed E-state index contributed by atoms with van der Waals surface area (Å²) in [6.45, 7) is 7.72. The normalized spacial score (nSPS) is 21.4. The van der Waals surface area contributed by atoms with Crippen LogP contribution < -0.4 is 5.59 Å². The van der Waals surface area contributed by atoms with Crippen LogP contribution in [0.4, 0.5) is 0 Å². The van der Waals surface area contributed by atoms with Gasteiger partial charge in [-0.05, 0) is 55.7 Å². The SMILES string of the molecule is [B]c1c2c3c(cccc3n1C(C)=O)C1=CC(C(=O)N(CC)CC)CN(C)C1C2. The fourth-order valence-electron chi connectivity index (χ4n) is 4.93. The summed E-state index contributed by atoms with van der Waals surface area (Å²) in [5.74, 6) is -0.0468. The van der Waals surface area contributed by atoms with Gasteiger partial charge in [-0.3, -0.25) is 19.1 Å². The first-order chi connectivity index (χ1) is 13.4. The van der Waals surface area contributed by atoms with Gasteiger partial charge in [0.1, 0.15) is 7.85 Å². The second-order valence-corrected chi connectivity index (χ2v) is 7.82. The molecule has 0 bridgehead atoms. The first-order valence-corrected chi connectivity index (χ1v) is 10.0. The average molecular weight is 375 g/mol.